The first-order valence-corrected chi connectivity index (χ1v) is 10.2. The zero-order valence-corrected chi connectivity index (χ0v) is 18.3. The second-order valence-corrected chi connectivity index (χ2v) is 7.27. The Morgan fingerprint density at radius 3 is 2.44 bits per heavy atom. The minimum atomic E-state index is -0.350. The fraction of sp³-hybridized carbons (Fsp3) is 0.0833. The summed E-state index contributed by atoms with van der Waals surface area (Å²) in [6, 6.07) is 22.0. The first-order chi connectivity index (χ1) is 15.6. The maximum absolute atomic E-state index is 13.1. The number of para-hydroxylation sites is 1. The van der Waals surface area contributed by atoms with Gasteiger partial charge >= 0.3 is 0 Å². The lowest BCUT2D eigenvalue weighted by molar-refractivity contribution is 0.0963. The molecule has 0 saturated heterocycles. The van der Waals surface area contributed by atoms with Gasteiger partial charge in [0.25, 0.3) is 5.91 Å². The summed E-state index contributed by atoms with van der Waals surface area (Å²) in [5.41, 5.74) is 8.69. The van der Waals surface area contributed by atoms with Gasteiger partial charge in [-0.2, -0.15) is 5.10 Å². The third-order valence-electron chi connectivity index (χ3n) is 4.78. The van der Waals surface area contributed by atoms with Gasteiger partial charge in [0.05, 0.1) is 31.2 Å². The quantitative estimate of drug-likeness (QED) is 0.390. The van der Waals surface area contributed by atoms with Crippen LogP contribution in [0.5, 0.6) is 11.5 Å². The van der Waals surface area contributed by atoms with Crippen LogP contribution in [0.1, 0.15) is 10.4 Å². The van der Waals surface area contributed by atoms with Crippen LogP contribution in [0.4, 0.5) is 5.69 Å². The smallest absolute Gasteiger partial charge is 0.273 e. The van der Waals surface area contributed by atoms with Crippen LogP contribution in [0.3, 0.4) is 0 Å². The highest BCUT2D eigenvalue weighted by molar-refractivity contribution is 6.30. The monoisotopic (exact) mass is 448 g/mol. The molecule has 0 aliphatic rings. The summed E-state index contributed by atoms with van der Waals surface area (Å²) >= 11 is 6.02. The number of hydrazine groups is 1. The molecule has 0 saturated carbocycles. The lowest BCUT2D eigenvalue weighted by Gasteiger charge is -2.10. The lowest BCUT2D eigenvalue weighted by atomic mass is 10.1. The molecule has 1 heterocycles. The van der Waals surface area contributed by atoms with Gasteiger partial charge in [0.1, 0.15) is 5.69 Å². The van der Waals surface area contributed by atoms with Crippen molar-refractivity contribution in [1.29, 1.82) is 0 Å². The molecule has 32 heavy (non-hydrogen) atoms. The summed E-state index contributed by atoms with van der Waals surface area (Å²) < 4.78 is 12.4. The van der Waals surface area contributed by atoms with E-state index in [1.807, 2.05) is 36.4 Å². The minimum absolute atomic E-state index is 0.350. The van der Waals surface area contributed by atoms with E-state index in [9.17, 15) is 4.79 Å². The van der Waals surface area contributed by atoms with Gasteiger partial charge in [0.15, 0.2) is 11.5 Å². The van der Waals surface area contributed by atoms with Crippen LogP contribution in [-0.2, 0) is 0 Å². The molecular formula is C24H21ClN4O3. The standard InChI is InChI=1S/C24H21ClN4O3/c1-31-21-12-11-16(13-22(21)32-2)23-20(15-29(28-23)19-9-4-3-5-10-19)24(30)27-26-18-8-6-7-17(25)14-18/h3-15,26H,1-2H3,(H,27,30). The van der Waals surface area contributed by atoms with Gasteiger partial charge in [-0.15, -0.1) is 0 Å². The molecule has 0 aliphatic heterocycles. The Hall–Kier alpha value is -3.97. The third kappa shape index (κ3) is 4.53. The molecular weight excluding hydrogens is 428 g/mol. The van der Waals surface area contributed by atoms with Crippen molar-refractivity contribution < 1.29 is 14.3 Å². The number of amides is 1. The predicted octanol–water partition coefficient (Wildman–Crippen LogP) is 4.97. The number of halogens is 1. The summed E-state index contributed by atoms with van der Waals surface area (Å²) in [4.78, 5) is 13.1. The van der Waals surface area contributed by atoms with E-state index in [0.29, 0.717) is 39.0 Å². The highest BCUT2D eigenvalue weighted by atomic mass is 35.5. The third-order valence-corrected chi connectivity index (χ3v) is 5.02. The normalized spacial score (nSPS) is 10.5. The highest BCUT2D eigenvalue weighted by Crippen LogP contribution is 2.33. The molecule has 0 spiro atoms. The fourth-order valence-electron chi connectivity index (χ4n) is 3.21. The number of carbonyl (C=O) groups is 1. The maximum Gasteiger partial charge on any atom is 0.273 e. The zero-order valence-electron chi connectivity index (χ0n) is 17.5. The van der Waals surface area contributed by atoms with Crippen molar-refractivity contribution in [3.8, 4) is 28.4 Å². The van der Waals surface area contributed by atoms with E-state index >= 15 is 0 Å². The van der Waals surface area contributed by atoms with Gasteiger partial charge in [-0.05, 0) is 48.5 Å². The average Bonchev–Trinajstić information content (AvgIpc) is 3.28. The molecule has 4 aromatic rings. The van der Waals surface area contributed by atoms with E-state index in [4.69, 9.17) is 21.1 Å². The van der Waals surface area contributed by atoms with Gasteiger partial charge in [0, 0.05) is 16.8 Å². The van der Waals surface area contributed by atoms with E-state index in [2.05, 4.69) is 16.0 Å². The van der Waals surface area contributed by atoms with Gasteiger partial charge < -0.3 is 9.47 Å². The number of hydrogen-bond donors (Lipinski definition) is 2. The van der Waals surface area contributed by atoms with E-state index < -0.39 is 0 Å². The van der Waals surface area contributed by atoms with E-state index in [-0.39, 0.29) is 5.91 Å². The van der Waals surface area contributed by atoms with Crippen molar-refractivity contribution in [2.75, 3.05) is 19.6 Å². The summed E-state index contributed by atoms with van der Waals surface area (Å²) in [5, 5.41) is 5.24. The van der Waals surface area contributed by atoms with Crippen LogP contribution in [0.15, 0.2) is 79.0 Å². The van der Waals surface area contributed by atoms with E-state index in [0.717, 1.165) is 5.69 Å². The van der Waals surface area contributed by atoms with Crippen molar-refractivity contribution >= 4 is 23.2 Å². The first kappa shape index (κ1) is 21.3. The number of methoxy groups -OCH3 is 2. The topological polar surface area (TPSA) is 77.4 Å². The largest absolute Gasteiger partial charge is 0.493 e. The van der Waals surface area contributed by atoms with Crippen LogP contribution >= 0.6 is 11.6 Å². The summed E-state index contributed by atoms with van der Waals surface area (Å²) in [7, 11) is 3.13. The van der Waals surface area contributed by atoms with Crippen molar-refractivity contribution in [1.82, 2.24) is 15.2 Å². The molecule has 4 rings (SSSR count). The summed E-state index contributed by atoms with van der Waals surface area (Å²) in [6.07, 6.45) is 1.69. The molecule has 0 fully saturated rings. The molecule has 8 heteroatoms. The molecule has 7 nitrogen and oxygen atoms in total. The Morgan fingerprint density at radius 2 is 1.72 bits per heavy atom. The Morgan fingerprint density at radius 1 is 0.938 bits per heavy atom. The molecule has 0 bridgehead atoms. The molecule has 0 unspecified atom stereocenters. The van der Waals surface area contributed by atoms with Gasteiger partial charge in [-0.3, -0.25) is 15.6 Å². The van der Waals surface area contributed by atoms with Crippen molar-refractivity contribution in [3.05, 3.63) is 89.6 Å². The number of nitrogens with zero attached hydrogens (tertiary/aromatic N) is 2. The highest BCUT2D eigenvalue weighted by Gasteiger charge is 2.20. The minimum Gasteiger partial charge on any atom is -0.493 e. The predicted molar refractivity (Wildman–Crippen MR) is 125 cm³/mol. The zero-order chi connectivity index (χ0) is 22.5. The van der Waals surface area contributed by atoms with Gasteiger partial charge in [-0.25, -0.2) is 4.68 Å². The second kappa shape index (κ2) is 9.45. The van der Waals surface area contributed by atoms with Crippen LogP contribution in [-0.4, -0.2) is 29.9 Å². The Balaban J connectivity index is 1.71. The van der Waals surface area contributed by atoms with Gasteiger partial charge in [0.2, 0.25) is 0 Å². The SMILES string of the molecule is COc1ccc(-c2nn(-c3ccccc3)cc2C(=O)NNc2cccc(Cl)c2)cc1OC. The number of anilines is 1. The molecule has 3 aromatic carbocycles. The lowest BCUT2D eigenvalue weighted by Crippen LogP contribution is -2.29. The maximum atomic E-state index is 13.1. The molecule has 162 valence electrons. The number of rotatable bonds is 7. The Labute approximate surface area is 190 Å². The molecule has 1 aromatic heterocycles. The van der Waals surface area contributed by atoms with Gasteiger partial charge in [-0.1, -0.05) is 35.9 Å². The molecule has 2 N–H and O–H groups in total. The number of hydrogen-bond acceptors (Lipinski definition) is 5. The number of carbonyl (C=O) groups excluding carboxylic acids is 1. The molecule has 0 radical (unpaired) electrons. The van der Waals surface area contributed by atoms with Crippen molar-refractivity contribution in [2.45, 2.75) is 0 Å². The van der Waals surface area contributed by atoms with Crippen LogP contribution in [0.2, 0.25) is 5.02 Å². The van der Waals surface area contributed by atoms with Crippen molar-refractivity contribution in [2.24, 2.45) is 0 Å². The first-order valence-electron chi connectivity index (χ1n) is 9.78. The average molecular weight is 449 g/mol. The molecule has 1 amide bonds. The Kier molecular flexibility index (Phi) is 6.28. The van der Waals surface area contributed by atoms with E-state index in [1.165, 1.54) is 0 Å². The van der Waals surface area contributed by atoms with Crippen LogP contribution in [0.25, 0.3) is 16.9 Å². The number of ether oxygens (including phenoxy) is 2. The molecule has 0 aliphatic carbocycles. The van der Waals surface area contributed by atoms with E-state index in [1.54, 1.807) is 61.5 Å². The number of aromatic nitrogens is 2. The molecule has 0 atom stereocenters. The van der Waals surface area contributed by atoms with Crippen LogP contribution < -0.4 is 20.3 Å². The number of nitrogens with one attached hydrogen (secondary N) is 2. The Bertz CT molecular complexity index is 1240. The van der Waals surface area contributed by atoms with Crippen molar-refractivity contribution in [3.63, 3.8) is 0 Å². The fourth-order valence-corrected chi connectivity index (χ4v) is 3.40. The number of benzene rings is 3. The van der Waals surface area contributed by atoms with Crippen LogP contribution in [0, 0.1) is 0 Å². The summed E-state index contributed by atoms with van der Waals surface area (Å²) in [5.74, 6) is 0.784. The second-order valence-electron chi connectivity index (χ2n) is 6.83. The summed E-state index contributed by atoms with van der Waals surface area (Å²) in [6.45, 7) is 0.